The van der Waals surface area contributed by atoms with Crippen molar-refractivity contribution in [2.45, 2.75) is 78.5 Å². The van der Waals surface area contributed by atoms with Crippen molar-refractivity contribution in [3.8, 4) is 0 Å². The van der Waals surface area contributed by atoms with E-state index in [1.165, 1.54) is 4.90 Å². The van der Waals surface area contributed by atoms with E-state index in [4.69, 9.17) is 4.74 Å². The van der Waals surface area contributed by atoms with Gasteiger partial charge in [0.2, 0.25) is 11.8 Å². The molecule has 2 aromatic carbocycles. The van der Waals surface area contributed by atoms with Crippen molar-refractivity contribution in [1.82, 2.24) is 15.5 Å². The number of alkyl carbamates (subject to hydrolysis) is 1. The van der Waals surface area contributed by atoms with Crippen LogP contribution in [0.15, 0.2) is 48.5 Å². The summed E-state index contributed by atoms with van der Waals surface area (Å²) >= 11 is 0. The molecule has 0 aliphatic heterocycles. The Bertz CT molecular complexity index is 1070. The van der Waals surface area contributed by atoms with Gasteiger partial charge < -0.3 is 25.4 Å². The maximum Gasteiger partial charge on any atom is 0.408 e. The van der Waals surface area contributed by atoms with Gasteiger partial charge in [0.15, 0.2) is 0 Å². The van der Waals surface area contributed by atoms with Crippen LogP contribution in [0, 0.1) is 13.8 Å². The average Bonchev–Trinajstić information content (AvgIpc) is 2.83. The number of hydrogen-bond acceptors (Lipinski definition) is 5. The number of aliphatic hydroxyl groups excluding tert-OH is 1. The number of benzene rings is 2. The van der Waals surface area contributed by atoms with Crippen LogP contribution in [0.1, 0.15) is 68.8 Å². The van der Waals surface area contributed by atoms with Crippen molar-refractivity contribution in [2.75, 3.05) is 19.7 Å². The normalized spacial score (nSPS) is 12.8. The van der Waals surface area contributed by atoms with Crippen molar-refractivity contribution < 1.29 is 24.2 Å². The molecule has 2 aromatic rings. The smallest absolute Gasteiger partial charge is 0.408 e. The number of hydrogen-bond donors (Lipinski definition) is 3. The predicted octanol–water partition coefficient (Wildman–Crippen LogP) is 4.22. The molecule has 2 atom stereocenters. The van der Waals surface area contributed by atoms with Crippen molar-refractivity contribution >= 4 is 17.9 Å². The quantitative estimate of drug-likeness (QED) is 0.360. The minimum atomic E-state index is -1.02. The second kappa shape index (κ2) is 14.5. The van der Waals surface area contributed by atoms with Crippen LogP contribution in [-0.2, 0) is 20.7 Å². The van der Waals surface area contributed by atoms with Gasteiger partial charge in [-0.3, -0.25) is 9.59 Å². The Hall–Kier alpha value is -3.39. The highest BCUT2D eigenvalue weighted by atomic mass is 16.6. The van der Waals surface area contributed by atoms with Crippen molar-refractivity contribution in [3.63, 3.8) is 0 Å². The zero-order valence-corrected chi connectivity index (χ0v) is 23.5. The number of ether oxygens (including phenoxy) is 1. The first-order valence-electron chi connectivity index (χ1n) is 13.3. The zero-order chi connectivity index (χ0) is 28.3. The van der Waals surface area contributed by atoms with Crippen LogP contribution >= 0.6 is 0 Å². The molecule has 0 radical (unpaired) electrons. The largest absolute Gasteiger partial charge is 0.444 e. The molecule has 38 heavy (non-hydrogen) atoms. The van der Waals surface area contributed by atoms with Crippen LogP contribution in [0.4, 0.5) is 4.79 Å². The predicted molar refractivity (Wildman–Crippen MR) is 149 cm³/mol. The molecule has 0 spiro atoms. The lowest BCUT2D eigenvalue weighted by Crippen LogP contribution is -2.54. The third-order valence-corrected chi connectivity index (χ3v) is 6.01. The van der Waals surface area contributed by atoms with Crippen LogP contribution < -0.4 is 10.6 Å². The summed E-state index contributed by atoms with van der Waals surface area (Å²) in [6.07, 6.45) is 1.17. The van der Waals surface area contributed by atoms with Gasteiger partial charge in [-0.15, -0.1) is 0 Å². The summed E-state index contributed by atoms with van der Waals surface area (Å²) in [5.74, 6) is -0.813. The van der Waals surface area contributed by atoms with Gasteiger partial charge in [0.1, 0.15) is 17.7 Å². The molecular weight excluding hydrogens is 482 g/mol. The van der Waals surface area contributed by atoms with Gasteiger partial charge >= 0.3 is 6.09 Å². The Morgan fingerprint density at radius 3 is 2.32 bits per heavy atom. The Kier molecular flexibility index (Phi) is 11.8. The minimum Gasteiger partial charge on any atom is -0.444 e. The lowest BCUT2D eigenvalue weighted by molar-refractivity contribution is -0.143. The van der Waals surface area contributed by atoms with Crippen molar-refractivity contribution in [3.05, 3.63) is 70.8 Å². The van der Waals surface area contributed by atoms with Gasteiger partial charge in [0.05, 0.1) is 6.61 Å². The SMILES string of the molecule is CCCCNC(=O)C(c1ccc(C)cc1C)N(CCO)C(=O)C(Cc1ccccc1)NC(=O)OC(C)(C)C. The molecule has 0 aliphatic carbocycles. The number of carbonyl (C=O) groups excluding carboxylic acids is 3. The topological polar surface area (TPSA) is 108 Å². The highest BCUT2D eigenvalue weighted by Crippen LogP contribution is 2.27. The van der Waals surface area contributed by atoms with Crippen molar-refractivity contribution in [2.24, 2.45) is 0 Å². The summed E-state index contributed by atoms with van der Waals surface area (Å²) in [5.41, 5.74) is 2.64. The number of unbranched alkanes of at least 4 members (excludes halogenated alkanes) is 1. The fourth-order valence-corrected chi connectivity index (χ4v) is 4.24. The second-order valence-electron chi connectivity index (χ2n) is 10.6. The number of nitrogens with one attached hydrogen (secondary N) is 2. The molecule has 0 bridgehead atoms. The Balaban J connectivity index is 2.52. The van der Waals surface area contributed by atoms with E-state index in [9.17, 15) is 19.5 Å². The van der Waals surface area contributed by atoms with E-state index >= 15 is 0 Å². The maximum atomic E-state index is 14.1. The molecule has 8 nitrogen and oxygen atoms in total. The van der Waals surface area contributed by atoms with Gasteiger partial charge in [0.25, 0.3) is 0 Å². The molecule has 3 N–H and O–H groups in total. The Labute approximate surface area is 226 Å². The van der Waals surface area contributed by atoms with E-state index in [2.05, 4.69) is 10.6 Å². The third-order valence-electron chi connectivity index (χ3n) is 6.01. The van der Waals surface area contributed by atoms with Gasteiger partial charge in [0, 0.05) is 19.5 Å². The van der Waals surface area contributed by atoms with Gasteiger partial charge in [-0.2, -0.15) is 0 Å². The standard InChI is InChI=1S/C30H43N3O5/c1-7-8-16-31-27(35)26(24-15-14-21(2)19-22(24)3)33(17-18-34)28(36)25(20-23-12-10-9-11-13-23)32-29(37)38-30(4,5)6/h9-15,19,25-26,34H,7-8,16-18,20H2,1-6H3,(H,31,35)(H,32,37). The van der Waals surface area contributed by atoms with Gasteiger partial charge in [-0.1, -0.05) is 67.4 Å². The maximum absolute atomic E-state index is 14.1. The molecule has 0 saturated heterocycles. The van der Waals surface area contributed by atoms with Crippen LogP contribution in [-0.4, -0.2) is 59.3 Å². The molecule has 8 heteroatoms. The summed E-state index contributed by atoms with van der Waals surface area (Å²) in [7, 11) is 0. The molecule has 0 heterocycles. The summed E-state index contributed by atoms with van der Waals surface area (Å²) in [4.78, 5) is 41.8. The van der Waals surface area contributed by atoms with Gasteiger partial charge in [-0.25, -0.2) is 4.79 Å². The number of amides is 3. The van der Waals surface area contributed by atoms with E-state index in [1.54, 1.807) is 20.8 Å². The molecule has 0 saturated carbocycles. The lowest BCUT2D eigenvalue weighted by Gasteiger charge is -2.35. The minimum absolute atomic E-state index is 0.0840. The monoisotopic (exact) mass is 525 g/mol. The number of rotatable bonds is 12. The van der Waals surface area contributed by atoms with Crippen LogP contribution in [0.3, 0.4) is 0 Å². The number of aliphatic hydroxyl groups is 1. The first kappa shape index (κ1) is 30.8. The molecule has 0 aliphatic rings. The fourth-order valence-electron chi connectivity index (χ4n) is 4.24. The van der Waals surface area contributed by atoms with Crippen molar-refractivity contribution in [1.29, 1.82) is 0 Å². The molecule has 208 valence electrons. The van der Waals surface area contributed by atoms with E-state index in [0.717, 1.165) is 29.5 Å². The molecule has 0 fully saturated rings. The van der Waals surface area contributed by atoms with Crippen LogP contribution in [0.25, 0.3) is 0 Å². The molecule has 2 rings (SSSR count). The van der Waals surface area contributed by atoms with E-state index in [-0.39, 0.29) is 25.5 Å². The number of nitrogens with zero attached hydrogens (tertiary/aromatic N) is 1. The zero-order valence-electron chi connectivity index (χ0n) is 23.5. The first-order chi connectivity index (χ1) is 18.0. The Morgan fingerprint density at radius 1 is 1.05 bits per heavy atom. The Morgan fingerprint density at radius 2 is 1.74 bits per heavy atom. The first-order valence-corrected chi connectivity index (χ1v) is 13.3. The highest BCUT2D eigenvalue weighted by molar-refractivity contribution is 5.92. The molecule has 2 unspecified atom stereocenters. The summed E-state index contributed by atoms with van der Waals surface area (Å²) in [6.45, 7) is 11.2. The number of aryl methyl sites for hydroxylation is 2. The van der Waals surface area contributed by atoms with E-state index in [1.807, 2.05) is 69.3 Å². The fraction of sp³-hybridized carbons (Fsp3) is 0.500. The summed E-state index contributed by atoms with van der Waals surface area (Å²) in [6, 6.07) is 13.0. The third kappa shape index (κ3) is 9.49. The average molecular weight is 526 g/mol. The molecule has 0 aromatic heterocycles. The van der Waals surface area contributed by atoms with E-state index < -0.39 is 29.7 Å². The van der Waals surface area contributed by atoms with E-state index in [0.29, 0.717) is 12.1 Å². The second-order valence-corrected chi connectivity index (χ2v) is 10.6. The molecule has 3 amide bonds. The van der Waals surface area contributed by atoms with Crippen LogP contribution in [0.2, 0.25) is 0 Å². The summed E-state index contributed by atoms with van der Waals surface area (Å²) < 4.78 is 5.44. The van der Waals surface area contributed by atoms with Gasteiger partial charge in [-0.05, 0) is 57.7 Å². The molecular formula is C30H43N3O5. The number of carbonyl (C=O) groups is 3. The summed E-state index contributed by atoms with van der Waals surface area (Å²) in [5, 5.41) is 15.6. The van der Waals surface area contributed by atoms with Crippen LogP contribution in [0.5, 0.6) is 0 Å². The highest BCUT2D eigenvalue weighted by Gasteiger charge is 2.36. The lowest BCUT2D eigenvalue weighted by atomic mass is 9.95.